The standard InChI is InChI=1S/C19H23N3O2/c1-15-5-7-16(8-6-15)13-19(23)20-14-17-3-2-4-18(21-17)22-9-11-24-12-10-22/h2-8H,9-14H2,1H3,(H,20,23). The molecule has 1 aliphatic rings. The van der Waals surface area contributed by atoms with Crippen molar-refractivity contribution in [1.82, 2.24) is 10.3 Å². The Morgan fingerprint density at radius 1 is 1.17 bits per heavy atom. The molecule has 1 amide bonds. The van der Waals surface area contributed by atoms with Crippen LogP contribution >= 0.6 is 0 Å². The predicted molar refractivity (Wildman–Crippen MR) is 94.0 cm³/mol. The highest BCUT2D eigenvalue weighted by molar-refractivity contribution is 5.78. The Bertz CT molecular complexity index is 679. The van der Waals surface area contributed by atoms with Crippen LogP contribution < -0.4 is 10.2 Å². The van der Waals surface area contributed by atoms with Crippen LogP contribution in [0.1, 0.15) is 16.8 Å². The summed E-state index contributed by atoms with van der Waals surface area (Å²) in [5, 5.41) is 2.95. The third-order valence-corrected chi connectivity index (χ3v) is 4.08. The molecule has 5 heteroatoms. The number of carbonyl (C=O) groups is 1. The molecule has 24 heavy (non-hydrogen) atoms. The molecule has 0 atom stereocenters. The number of nitrogens with zero attached hydrogens (tertiary/aromatic N) is 2. The molecule has 0 aliphatic carbocycles. The number of rotatable bonds is 5. The van der Waals surface area contributed by atoms with Crippen LogP contribution in [0.25, 0.3) is 0 Å². The molecule has 0 bridgehead atoms. The molecule has 1 fully saturated rings. The van der Waals surface area contributed by atoms with Gasteiger partial charge in [-0.3, -0.25) is 4.79 Å². The summed E-state index contributed by atoms with van der Waals surface area (Å²) in [6.45, 7) is 5.67. The van der Waals surface area contributed by atoms with E-state index < -0.39 is 0 Å². The van der Waals surface area contributed by atoms with E-state index in [1.54, 1.807) is 0 Å². The number of anilines is 1. The molecule has 1 aliphatic heterocycles. The van der Waals surface area contributed by atoms with Gasteiger partial charge in [-0.05, 0) is 24.6 Å². The zero-order valence-electron chi connectivity index (χ0n) is 14.0. The van der Waals surface area contributed by atoms with Crippen LogP contribution in [0, 0.1) is 6.92 Å². The number of morpholine rings is 1. The Morgan fingerprint density at radius 2 is 1.92 bits per heavy atom. The van der Waals surface area contributed by atoms with Crippen molar-refractivity contribution in [1.29, 1.82) is 0 Å². The summed E-state index contributed by atoms with van der Waals surface area (Å²) in [6, 6.07) is 14.0. The van der Waals surface area contributed by atoms with Crippen LogP contribution in [-0.4, -0.2) is 37.2 Å². The van der Waals surface area contributed by atoms with Gasteiger partial charge in [-0.15, -0.1) is 0 Å². The number of amides is 1. The van der Waals surface area contributed by atoms with Crippen molar-refractivity contribution in [2.75, 3.05) is 31.2 Å². The molecule has 1 aromatic heterocycles. The van der Waals surface area contributed by atoms with Gasteiger partial charge in [-0.25, -0.2) is 4.98 Å². The maximum atomic E-state index is 12.1. The van der Waals surface area contributed by atoms with Gasteiger partial charge in [0.2, 0.25) is 5.91 Å². The number of pyridine rings is 1. The molecule has 2 aromatic rings. The topological polar surface area (TPSA) is 54.5 Å². The lowest BCUT2D eigenvalue weighted by Gasteiger charge is -2.28. The van der Waals surface area contributed by atoms with Crippen LogP contribution in [0.5, 0.6) is 0 Å². The van der Waals surface area contributed by atoms with Gasteiger partial charge in [0.25, 0.3) is 0 Å². The van der Waals surface area contributed by atoms with Gasteiger partial charge in [-0.2, -0.15) is 0 Å². The maximum absolute atomic E-state index is 12.1. The monoisotopic (exact) mass is 325 g/mol. The number of benzene rings is 1. The summed E-state index contributed by atoms with van der Waals surface area (Å²) in [6.07, 6.45) is 0.392. The largest absolute Gasteiger partial charge is 0.378 e. The Labute approximate surface area is 142 Å². The van der Waals surface area contributed by atoms with Crippen molar-refractivity contribution in [3.05, 3.63) is 59.3 Å². The first-order valence-electron chi connectivity index (χ1n) is 8.31. The Morgan fingerprint density at radius 3 is 2.67 bits per heavy atom. The fraction of sp³-hybridized carbons (Fsp3) is 0.368. The smallest absolute Gasteiger partial charge is 0.224 e. The van der Waals surface area contributed by atoms with Crippen molar-refractivity contribution in [3.8, 4) is 0 Å². The van der Waals surface area contributed by atoms with Gasteiger partial charge in [-0.1, -0.05) is 35.9 Å². The van der Waals surface area contributed by atoms with Gasteiger partial charge in [0.1, 0.15) is 5.82 Å². The molecule has 126 valence electrons. The van der Waals surface area contributed by atoms with E-state index in [1.165, 1.54) is 5.56 Å². The van der Waals surface area contributed by atoms with E-state index in [2.05, 4.69) is 15.2 Å². The summed E-state index contributed by atoms with van der Waals surface area (Å²) in [7, 11) is 0. The first-order valence-corrected chi connectivity index (χ1v) is 8.31. The van der Waals surface area contributed by atoms with Crippen LogP contribution in [0.15, 0.2) is 42.5 Å². The summed E-state index contributed by atoms with van der Waals surface area (Å²) < 4.78 is 5.37. The minimum Gasteiger partial charge on any atom is -0.378 e. The first-order chi connectivity index (χ1) is 11.7. The fourth-order valence-electron chi connectivity index (χ4n) is 2.68. The van der Waals surface area contributed by atoms with Crippen LogP contribution in [-0.2, 0) is 22.5 Å². The number of aryl methyl sites for hydroxylation is 1. The van der Waals surface area contributed by atoms with Crippen molar-refractivity contribution in [2.24, 2.45) is 0 Å². The summed E-state index contributed by atoms with van der Waals surface area (Å²) in [4.78, 5) is 18.9. The van der Waals surface area contributed by atoms with Gasteiger partial charge in [0.15, 0.2) is 0 Å². The van der Waals surface area contributed by atoms with Crippen molar-refractivity contribution in [3.63, 3.8) is 0 Å². The molecular weight excluding hydrogens is 302 g/mol. The van der Waals surface area contributed by atoms with E-state index in [0.717, 1.165) is 43.4 Å². The van der Waals surface area contributed by atoms with Crippen molar-refractivity contribution in [2.45, 2.75) is 19.9 Å². The average molecular weight is 325 g/mol. The number of aromatic nitrogens is 1. The van der Waals surface area contributed by atoms with Crippen LogP contribution in [0.4, 0.5) is 5.82 Å². The molecule has 0 spiro atoms. The quantitative estimate of drug-likeness (QED) is 0.914. The number of nitrogens with one attached hydrogen (secondary N) is 1. The minimum absolute atomic E-state index is 0.0115. The van der Waals surface area contributed by atoms with Gasteiger partial charge in [0.05, 0.1) is 31.9 Å². The Balaban J connectivity index is 1.54. The molecule has 2 heterocycles. The van der Waals surface area contributed by atoms with Crippen molar-refractivity contribution >= 4 is 11.7 Å². The van der Waals surface area contributed by atoms with Crippen LogP contribution in [0.3, 0.4) is 0 Å². The van der Waals surface area contributed by atoms with Gasteiger partial charge < -0.3 is 15.0 Å². The Kier molecular flexibility index (Phi) is 5.43. The first kappa shape index (κ1) is 16.5. The third kappa shape index (κ3) is 4.55. The van der Waals surface area contributed by atoms with Gasteiger partial charge >= 0.3 is 0 Å². The molecule has 0 unspecified atom stereocenters. The molecule has 3 rings (SSSR count). The lowest BCUT2D eigenvalue weighted by Crippen LogP contribution is -2.37. The minimum atomic E-state index is 0.0115. The van der Waals surface area contributed by atoms with E-state index in [4.69, 9.17) is 4.74 Å². The number of ether oxygens (including phenoxy) is 1. The molecule has 0 saturated carbocycles. The highest BCUT2D eigenvalue weighted by atomic mass is 16.5. The summed E-state index contributed by atoms with van der Waals surface area (Å²) >= 11 is 0. The van der Waals surface area contributed by atoms with E-state index in [9.17, 15) is 4.79 Å². The molecule has 1 saturated heterocycles. The fourth-order valence-corrected chi connectivity index (χ4v) is 2.68. The van der Waals surface area contributed by atoms with E-state index in [0.29, 0.717) is 13.0 Å². The normalized spacial score (nSPS) is 14.5. The van der Waals surface area contributed by atoms with E-state index in [-0.39, 0.29) is 5.91 Å². The summed E-state index contributed by atoms with van der Waals surface area (Å²) in [5.74, 6) is 0.959. The molecular formula is C19H23N3O2. The lowest BCUT2D eigenvalue weighted by atomic mass is 10.1. The number of hydrogen-bond donors (Lipinski definition) is 1. The third-order valence-electron chi connectivity index (χ3n) is 4.08. The van der Waals surface area contributed by atoms with Crippen molar-refractivity contribution < 1.29 is 9.53 Å². The van der Waals surface area contributed by atoms with Gasteiger partial charge in [0, 0.05) is 13.1 Å². The zero-order valence-corrected chi connectivity index (χ0v) is 14.0. The second-order valence-corrected chi connectivity index (χ2v) is 6.03. The SMILES string of the molecule is Cc1ccc(CC(=O)NCc2cccc(N3CCOCC3)n2)cc1. The van der Waals surface area contributed by atoms with E-state index in [1.807, 2.05) is 49.4 Å². The number of carbonyl (C=O) groups excluding carboxylic acids is 1. The highest BCUT2D eigenvalue weighted by Gasteiger charge is 2.12. The highest BCUT2D eigenvalue weighted by Crippen LogP contribution is 2.13. The molecule has 5 nitrogen and oxygen atoms in total. The Hall–Kier alpha value is -2.40. The second kappa shape index (κ2) is 7.93. The molecule has 1 aromatic carbocycles. The maximum Gasteiger partial charge on any atom is 0.224 e. The van der Waals surface area contributed by atoms with Crippen LogP contribution in [0.2, 0.25) is 0 Å². The zero-order chi connectivity index (χ0) is 16.8. The predicted octanol–water partition coefficient (Wildman–Crippen LogP) is 2.09. The number of hydrogen-bond acceptors (Lipinski definition) is 4. The molecule has 1 N–H and O–H groups in total. The second-order valence-electron chi connectivity index (χ2n) is 6.03. The lowest BCUT2D eigenvalue weighted by molar-refractivity contribution is -0.120. The summed E-state index contributed by atoms with van der Waals surface area (Å²) in [5.41, 5.74) is 3.09. The molecule has 0 radical (unpaired) electrons. The van der Waals surface area contributed by atoms with E-state index >= 15 is 0 Å². The average Bonchev–Trinajstić information content (AvgIpc) is 2.63.